The van der Waals surface area contributed by atoms with Crippen molar-refractivity contribution in [2.75, 3.05) is 0 Å². The standard InChI is InChI=1S/C25H22O7/c1-12(2)17(27)10-16-22(30)21-19(29)11-20-15(7-8-25(3,4)32-20)24(21)31-23(16)14-6-5-13(26)9-18(14)28/h5-9,11,26,28-29H,1,10H2,2-4H3. The highest BCUT2D eigenvalue weighted by Crippen LogP contribution is 2.42. The SMILES string of the molecule is C=C(C)C(=O)Cc1c(-c2ccc(O)cc2O)oc2c3c(cc(O)c2c1=O)OC(C)(C)C=C3. The second-order valence-electron chi connectivity index (χ2n) is 8.37. The Labute approximate surface area is 183 Å². The van der Waals surface area contributed by atoms with Gasteiger partial charge in [0.15, 0.2) is 11.4 Å². The van der Waals surface area contributed by atoms with Gasteiger partial charge in [-0.05, 0) is 50.6 Å². The minimum atomic E-state index is -0.626. The highest BCUT2D eigenvalue weighted by atomic mass is 16.5. The van der Waals surface area contributed by atoms with E-state index in [4.69, 9.17) is 9.15 Å². The van der Waals surface area contributed by atoms with Crippen LogP contribution < -0.4 is 10.2 Å². The summed E-state index contributed by atoms with van der Waals surface area (Å²) < 4.78 is 12.0. The smallest absolute Gasteiger partial charge is 0.200 e. The van der Waals surface area contributed by atoms with Gasteiger partial charge in [0.25, 0.3) is 0 Å². The summed E-state index contributed by atoms with van der Waals surface area (Å²) >= 11 is 0. The first-order valence-electron chi connectivity index (χ1n) is 9.93. The van der Waals surface area contributed by atoms with Crippen molar-refractivity contribution in [2.45, 2.75) is 32.8 Å². The van der Waals surface area contributed by atoms with E-state index in [0.717, 1.165) is 6.07 Å². The minimum absolute atomic E-state index is 0.0391. The number of aromatic hydroxyl groups is 3. The highest BCUT2D eigenvalue weighted by Gasteiger charge is 2.29. The first-order chi connectivity index (χ1) is 15.0. The van der Waals surface area contributed by atoms with Crippen LogP contribution in [-0.4, -0.2) is 26.7 Å². The van der Waals surface area contributed by atoms with Gasteiger partial charge in [-0.15, -0.1) is 0 Å². The fraction of sp³-hybridized carbons (Fsp3) is 0.200. The maximum atomic E-state index is 13.5. The molecule has 3 aromatic rings. The number of carbonyl (C=O) groups is 1. The second-order valence-corrected chi connectivity index (χ2v) is 8.37. The molecule has 0 radical (unpaired) electrons. The Morgan fingerprint density at radius 3 is 2.50 bits per heavy atom. The zero-order chi connectivity index (χ0) is 23.4. The van der Waals surface area contributed by atoms with E-state index in [1.165, 1.54) is 25.1 Å². The van der Waals surface area contributed by atoms with Gasteiger partial charge in [-0.25, -0.2) is 0 Å². The zero-order valence-corrected chi connectivity index (χ0v) is 17.9. The van der Waals surface area contributed by atoms with Crippen LogP contribution in [0.5, 0.6) is 23.0 Å². The average Bonchev–Trinajstić information content (AvgIpc) is 2.68. The van der Waals surface area contributed by atoms with E-state index in [1.807, 2.05) is 13.8 Å². The number of ether oxygens (including phenoxy) is 1. The summed E-state index contributed by atoms with van der Waals surface area (Å²) in [5, 5.41) is 30.6. The molecule has 0 spiro atoms. The van der Waals surface area contributed by atoms with Crippen LogP contribution in [0, 0.1) is 0 Å². The molecule has 32 heavy (non-hydrogen) atoms. The number of phenols is 3. The van der Waals surface area contributed by atoms with E-state index >= 15 is 0 Å². The number of allylic oxidation sites excluding steroid dienone is 1. The van der Waals surface area contributed by atoms with Crippen LogP contribution in [0.3, 0.4) is 0 Å². The van der Waals surface area contributed by atoms with Crippen molar-refractivity contribution in [3.63, 3.8) is 0 Å². The van der Waals surface area contributed by atoms with E-state index < -0.39 is 16.8 Å². The molecule has 0 saturated carbocycles. The van der Waals surface area contributed by atoms with Gasteiger partial charge in [0, 0.05) is 18.6 Å². The molecule has 0 fully saturated rings. The lowest BCUT2D eigenvalue weighted by atomic mass is 9.95. The lowest BCUT2D eigenvalue weighted by Gasteiger charge is -2.28. The molecule has 164 valence electrons. The van der Waals surface area contributed by atoms with Gasteiger partial charge in [0.05, 0.1) is 16.7 Å². The third-order valence-corrected chi connectivity index (χ3v) is 5.30. The van der Waals surface area contributed by atoms with Crippen molar-refractivity contribution in [1.82, 2.24) is 0 Å². The average molecular weight is 434 g/mol. The summed E-state index contributed by atoms with van der Waals surface area (Å²) in [6.07, 6.45) is 3.20. The first kappa shape index (κ1) is 21.2. The van der Waals surface area contributed by atoms with Crippen molar-refractivity contribution in [1.29, 1.82) is 0 Å². The first-order valence-corrected chi connectivity index (χ1v) is 9.93. The summed E-state index contributed by atoms with van der Waals surface area (Å²) in [6.45, 7) is 8.84. The van der Waals surface area contributed by atoms with Crippen molar-refractivity contribution in [3.05, 3.63) is 63.8 Å². The molecule has 0 amide bonds. The highest BCUT2D eigenvalue weighted by molar-refractivity contribution is 5.99. The zero-order valence-electron chi connectivity index (χ0n) is 17.9. The molecule has 2 heterocycles. The van der Waals surface area contributed by atoms with Gasteiger partial charge < -0.3 is 24.5 Å². The number of ketones is 1. The quantitative estimate of drug-likeness (QED) is 0.519. The predicted molar refractivity (Wildman–Crippen MR) is 120 cm³/mol. The van der Waals surface area contributed by atoms with Crippen LogP contribution in [0.1, 0.15) is 31.9 Å². The second kappa shape index (κ2) is 7.30. The summed E-state index contributed by atoms with van der Waals surface area (Å²) in [4.78, 5) is 25.9. The van der Waals surface area contributed by atoms with Gasteiger partial charge in [-0.1, -0.05) is 6.58 Å². The third-order valence-electron chi connectivity index (χ3n) is 5.30. The van der Waals surface area contributed by atoms with Crippen LogP contribution in [0.25, 0.3) is 28.4 Å². The molecule has 1 aliphatic rings. The fourth-order valence-electron chi connectivity index (χ4n) is 3.63. The molecular formula is C25H22O7. The monoisotopic (exact) mass is 434 g/mol. The molecule has 0 bridgehead atoms. The van der Waals surface area contributed by atoms with E-state index in [9.17, 15) is 24.9 Å². The number of fused-ring (bicyclic) bond motifs is 3. The van der Waals surface area contributed by atoms with Gasteiger partial charge >= 0.3 is 0 Å². The molecule has 0 saturated heterocycles. The molecule has 0 atom stereocenters. The Hall–Kier alpha value is -4.00. The molecule has 2 aromatic carbocycles. The number of hydrogen-bond acceptors (Lipinski definition) is 7. The van der Waals surface area contributed by atoms with Crippen LogP contribution in [0.15, 0.2) is 51.7 Å². The van der Waals surface area contributed by atoms with Crippen LogP contribution in [0.4, 0.5) is 0 Å². The van der Waals surface area contributed by atoms with E-state index in [-0.39, 0.29) is 57.1 Å². The van der Waals surface area contributed by atoms with E-state index in [2.05, 4.69) is 6.58 Å². The van der Waals surface area contributed by atoms with Gasteiger partial charge in [0.2, 0.25) is 5.43 Å². The topological polar surface area (TPSA) is 117 Å². The normalized spacial score (nSPS) is 14.1. The van der Waals surface area contributed by atoms with Crippen molar-refractivity contribution >= 4 is 22.8 Å². The number of benzene rings is 2. The Morgan fingerprint density at radius 2 is 1.84 bits per heavy atom. The van der Waals surface area contributed by atoms with E-state index in [0.29, 0.717) is 11.3 Å². The molecule has 7 nitrogen and oxygen atoms in total. The summed E-state index contributed by atoms with van der Waals surface area (Å²) in [5.74, 6) is -0.957. The van der Waals surface area contributed by atoms with Gasteiger partial charge in [-0.2, -0.15) is 0 Å². The van der Waals surface area contributed by atoms with Crippen LogP contribution in [-0.2, 0) is 11.2 Å². The molecule has 0 unspecified atom stereocenters. The summed E-state index contributed by atoms with van der Waals surface area (Å²) in [7, 11) is 0. The lowest BCUT2D eigenvalue weighted by Crippen LogP contribution is -2.27. The lowest BCUT2D eigenvalue weighted by molar-refractivity contribution is -0.114. The number of Topliss-reactive ketones (excluding diaryl/α,β-unsaturated/α-hetero) is 1. The van der Waals surface area contributed by atoms with Crippen LogP contribution >= 0.6 is 0 Å². The molecule has 1 aliphatic heterocycles. The minimum Gasteiger partial charge on any atom is -0.508 e. The Balaban J connectivity index is 2.11. The largest absolute Gasteiger partial charge is 0.508 e. The van der Waals surface area contributed by atoms with Gasteiger partial charge in [-0.3, -0.25) is 9.59 Å². The Bertz CT molecular complexity index is 1390. The Morgan fingerprint density at radius 1 is 1.12 bits per heavy atom. The fourth-order valence-corrected chi connectivity index (χ4v) is 3.63. The van der Waals surface area contributed by atoms with Crippen molar-refractivity contribution in [3.8, 4) is 34.3 Å². The molecule has 3 N–H and O–H groups in total. The van der Waals surface area contributed by atoms with Gasteiger partial charge in [0.1, 0.15) is 39.7 Å². The number of hydrogen-bond donors (Lipinski definition) is 3. The van der Waals surface area contributed by atoms with E-state index in [1.54, 1.807) is 12.2 Å². The number of carbonyl (C=O) groups excluding carboxylic acids is 1. The maximum absolute atomic E-state index is 13.5. The Kier molecular flexibility index (Phi) is 4.85. The van der Waals surface area contributed by atoms with Crippen molar-refractivity contribution < 1.29 is 29.3 Å². The number of rotatable bonds is 4. The molecule has 1 aromatic heterocycles. The molecular weight excluding hydrogens is 412 g/mol. The summed E-state index contributed by atoms with van der Waals surface area (Å²) in [6, 6.07) is 5.16. The maximum Gasteiger partial charge on any atom is 0.200 e. The summed E-state index contributed by atoms with van der Waals surface area (Å²) in [5.41, 5.74) is -0.399. The molecule has 7 heteroatoms. The number of phenolic OH excluding ortho intramolecular Hbond substituents is 3. The molecule has 0 aliphatic carbocycles. The van der Waals surface area contributed by atoms with Crippen LogP contribution in [0.2, 0.25) is 0 Å². The predicted octanol–water partition coefficient (Wildman–Crippen LogP) is 4.45. The third kappa shape index (κ3) is 3.51. The molecule has 4 rings (SSSR count). The van der Waals surface area contributed by atoms with Crippen molar-refractivity contribution in [2.24, 2.45) is 0 Å².